The lowest BCUT2D eigenvalue weighted by Crippen LogP contribution is -2.13. The van der Waals surface area contributed by atoms with Gasteiger partial charge in [-0.25, -0.2) is 4.39 Å². The van der Waals surface area contributed by atoms with Gasteiger partial charge in [0, 0.05) is 11.3 Å². The van der Waals surface area contributed by atoms with Gasteiger partial charge in [0.15, 0.2) is 11.0 Å². The number of halogens is 1. The van der Waals surface area contributed by atoms with E-state index in [4.69, 9.17) is 4.74 Å². The van der Waals surface area contributed by atoms with Crippen LogP contribution in [-0.2, 0) is 9.53 Å². The maximum Gasteiger partial charge on any atom is 0.316 e. The monoisotopic (exact) mass is 371 g/mol. The van der Waals surface area contributed by atoms with E-state index in [0.717, 1.165) is 11.3 Å². The molecule has 0 radical (unpaired) electrons. The summed E-state index contributed by atoms with van der Waals surface area (Å²) in [7, 11) is 0. The van der Waals surface area contributed by atoms with Gasteiger partial charge < -0.3 is 4.74 Å². The Morgan fingerprint density at radius 2 is 1.81 bits per heavy atom. The van der Waals surface area contributed by atoms with E-state index in [0.29, 0.717) is 11.0 Å². The van der Waals surface area contributed by atoms with Crippen LogP contribution in [0.3, 0.4) is 0 Å². The van der Waals surface area contributed by atoms with Gasteiger partial charge in [-0.2, -0.15) is 0 Å². The standard InChI is InChI=1S/C19H18FN3O2S/c1-13(2)25-17(24)12-26-19-22-21-18(14-8-10-15(20)11-9-14)23(19)16-6-4-3-5-7-16/h3-11,13H,12H2,1-2H3. The molecule has 0 aliphatic carbocycles. The molecule has 2 aromatic carbocycles. The molecule has 0 fully saturated rings. The summed E-state index contributed by atoms with van der Waals surface area (Å²) in [6.45, 7) is 3.61. The second-order valence-electron chi connectivity index (χ2n) is 5.81. The normalized spacial score (nSPS) is 10.9. The molecule has 0 unspecified atom stereocenters. The van der Waals surface area contributed by atoms with E-state index in [1.807, 2.05) is 48.7 Å². The first-order valence-corrected chi connectivity index (χ1v) is 9.12. The summed E-state index contributed by atoms with van der Waals surface area (Å²) in [6.07, 6.45) is -0.162. The average Bonchev–Trinajstić information content (AvgIpc) is 3.05. The van der Waals surface area contributed by atoms with Gasteiger partial charge in [0.25, 0.3) is 0 Å². The number of para-hydroxylation sites is 1. The minimum atomic E-state index is -0.314. The maximum absolute atomic E-state index is 13.2. The average molecular weight is 371 g/mol. The van der Waals surface area contributed by atoms with Crippen LogP contribution in [0.2, 0.25) is 0 Å². The van der Waals surface area contributed by atoms with Crippen molar-refractivity contribution in [2.45, 2.75) is 25.1 Å². The topological polar surface area (TPSA) is 57.0 Å². The molecule has 0 bridgehead atoms. The van der Waals surface area contributed by atoms with Crippen LogP contribution in [0.15, 0.2) is 59.8 Å². The number of ether oxygens (including phenoxy) is 1. The molecule has 0 spiro atoms. The number of nitrogens with zero attached hydrogens (tertiary/aromatic N) is 3. The number of hydrogen-bond donors (Lipinski definition) is 0. The van der Waals surface area contributed by atoms with Gasteiger partial charge in [0.05, 0.1) is 11.9 Å². The van der Waals surface area contributed by atoms with E-state index in [1.165, 1.54) is 23.9 Å². The highest BCUT2D eigenvalue weighted by molar-refractivity contribution is 7.99. The van der Waals surface area contributed by atoms with Gasteiger partial charge >= 0.3 is 5.97 Å². The fraction of sp³-hybridized carbons (Fsp3) is 0.211. The molecule has 0 atom stereocenters. The Kier molecular flexibility index (Phi) is 5.68. The maximum atomic E-state index is 13.2. The Morgan fingerprint density at radius 1 is 1.12 bits per heavy atom. The van der Waals surface area contributed by atoms with Crippen LogP contribution in [-0.4, -0.2) is 32.6 Å². The van der Waals surface area contributed by atoms with Crippen LogP contribution in [0.4, 0.5) is 4.39 Å². The first-order chi connectivity index (χ1) is 12.5. The number of benzene rings is 2. The first kappa shape index (κ1) is 18.1. The number of aromatic nitrogens is 3. The molecule has 134 valence electrons. The van der Waals surface area contributed by atoms with E-state index in [9.17, 15) is 9.18 Å². The van der Waals surface area contributed by atoms with Gasteiger partial charge in [0.2, 0.25) is 0 Å². The summed E-state index contributed by atoms with van der Waals surface area (Å²) in [4.78, 5) is 11.8. The summed E-state index contributed by atoms with van der Waals surface area (Å²) in [5.41, 5.74) is 1.59. The third kappa shape index (κ3) is 4.29. The van der Waals surface area contributed by atoms with Gasteiger partial charge in [-0.15, -0.1) is 10.2 Å². The highest BCUT2D eigenvalue weighted by atomic mass is 32.2. The molecular weight excluding hydrogens is 353 g/mol. The highest BCUT2D eigenvalue weighted by Gasteiger charge is 2.18. The number of hydrogen-bond acceptors (Lipinski definition) is 5. The SMILES string of the molecule is CC(C)OC(=O)CSc1nnc(-c2ccc(F)cc2)n1-c1ccccc1. The van der Waals surface area contributed by atoms with Crippen molar-refractivity contribution in [2.75, 3.05) is 5.75 Å². The Hall–Kier alpha value is -2.67. The van der Waals surface area contributed by atoms with Crippen molar-refractivity contribution >= 4 is 17.7 Å². The molecule has 1 heterocycles. The summed E-state index contributed by atoms with van der Waals surface area (Å²) in [5, 5.41) is 9.03. The molecule has 3 rings (SSSR count). The minimum Gasteiger partial charge on any atom is -0.462 e. The van der Waals surface area contributed by atoms with Gasteiger partial charge in [-0.1, -0.05) is 30.0 Å². The lowest BCUT2D eigenvalue weighted by molar-refractivity contribution is -0.144. The lowest BCUT2D eigenvalue weighted by atomic mass is 10.2. The fourth-order valence-electron chi connectivity index (χ4n) is 2.38. The zero-order valence-electron chi connectivity index (χ0n) is 14.4. The third-order valence-corrected chi connectivity index (χ3v) is 4.34. The van der Waals surface area contributed by atoms with Crippen molar-refractivity contribution in [3.8, 4) is 17.1 Å². The van der Waals surface area contributed by atoms with E-state index in [-0.39, 0.29) is 23.6 Å². The molecule has 7 heteroatoms. The molecule has 0 aliphatic heterocycles. The van der Waals surface area contributed by atoms with E-state index < -0.39 is 0 Å². The predicted molar refractivity (Wildman–Crippen MR) is 98.7 cm³/mol. The van der Waals surface area contributed by atoms with Crippen LogP contribution in [0, 0.1) is 5.82 Å². The van der Waals surface area contributed by atoms with Crippen molar-refractivity contribution in [3.05, 3.63) is 60.4 Å². The summed E-state index contributed by atoms with van der Waals surface area (Å²) in [6, 6.07) is 15.6. The molecule has 0 saturated heterocycles. The fourth-order valence-corrected chi connectivity index (χ4v) is 3.11. The molecule has 5 nitrogen and oxygen atoms in total. The van der Waals surface area contributed by atoms with Gasteiger partial charge in [-0.3, -0.25) is 9.36 Å². The lowest BCUT2D eigenvalue weighted by Gasteiger charge is -2.11. The van der Waals surface area contributed by atoms with E-state index in [2.05, 4.69) is 10.2 Å². The molecule has 0 amide bonds. The number of carbonyl (C=O) groups is 1. The molecule has 0 aliphatic rings. The molecule has 0 saturated carbocycles. The Balaban J connectivity index is 1.95. The Labute approximate surface area is 155 Å². The van der Waals surface area contributed by atoms with Crippen molar-refractivity contribution < 1.29 is 13.9 Å². The van der Waals surface area contributed by atoms with Crippen LogP contribution in [0.1, 0.15) is 13.8 Å². The van der Waals surface area contributed by atoms with Gasteiger partial charge in [0.1, 0.15) is 5.82 Å². The molecule has 1 aromatic heterocycles. The molecule has 26 heavy (non-hydrogen) atoms. The quantitative estimate of drug-likeness (QED) is 0.482. The summed E-state index contributed by atoms with van der Waals surface area (Å²) >= 11 is 1.25. The zero-order chi connectivity index (χ0) is 18.5. The van der Waals surface area contributed by atoms with E-state index >= 15 is 0 Å². The van der Waals surface area contributed by atoms with Crippen LogP contribution in [0.25, 0.3) is 17.1 Å². The minimum absolute atomic E-state index is 0.132. The van der Waals surface area contributed by atoms with Crippen LogP contribution < -0.4 is 0 Å². The molecule has 3 aromatic rings. The predicted octanol–water partition coefficient (Wildman–Crippen LogP) is 4.12. The highest BCUT2D eigenvalue weighted by Crippen LogP contribution is 2.28. The number of rotatable bonds is 6. The van der Waals surface area contributed by atoms with Gasteiger partial charge in [-0.05, 0) is 50.2 Å². The molecule has 0 N–H and O–H groups in total. The number of esters is 1. The number of thioether (sulfide) groups is 1. The second kappa shape index (κ2) is 8.14. The van der Waals surface area contributed by atoms with Crippen LogP contribution in [0.5, 0.6) is 0 Å². The van der Waals surface area contributed by atoms with Crippen LogP contribution >= 0.6 is 11.8 Å². The summed E-state index contributed by atoms with van der Waals surface area (Å²) < 4.78 is 20.3. The van der Waals surface area contributed by atoms with Crippen molar-refractivity contribution in [1.82, 2.24) is 14.8 Å². The van der Waals surface area contributed by atoms with Crippen molar-refractivity contribution in [1.29, 1.82) is 0 Å². The van der Waals surface area contributed by atoms with Crippen molar-refractivity contribution in [3.63, 3.8) is 0 Å². The number of carbonyl (C=O) groups excluding carboxylic acids is 1. The largest absolute Gasteiger partial charge is 0.462 e. The van der Waals surface area contributed by atoms with Crippen molar-refractivity contribution in [2.24, 2.45) is 0 Å². The third-order valence-electron chi connectivity index (χ3n) is 3.44. The first-order valence-electron chi connectivity index (χ1n) is 8.13. The van der Waals surface area contributed by atoms with E-state index in [1.54, 1.807) is 12.1 Å². The smallest absolute Gasteiger partial charge is 0.316 e. The Morgan fingerprint density at radius 3 is 2.46 bits per heavy atom. The Bertz CT molecular complexity index is 880. The zero-order valence-corrected chi connectivity index (χ0v) is 15.2. The molecular formula is C19H18FN3O2S. The second-order valence-corrected chi connectivity index (χ2v) is 6.75. The summed E-state index contributed by atoms with van der Waals surface area (Å²) in [5.74, 6) is 0.0875.